The largest absolute Gasteiger partial charge is 0.399 e. The normalized spacial score (nSPS) is 11.4. The SMILES string of the molecule is Cc1cc(N)cc(C(=O)NC(C)(C)CO)c1F. The molecule has 17 heavy (non-hydrogen) atoms. The summed E-state index contributed by atoms with van der Waals surface area (Å²) in [4.78, 5) is 11.8. The smallest absolute Gasteiger partial charge is 0.254 e. The van der Waals surface area contributed by atoms with Crippen molar-refractivity contribution in [1.29, 1.82) is 0 Å². The summed E-state index contributed by atoms with van der Waals surface area (Å²) in [5, 5.41) is 11.6. The Kier molecular flexibility index (Phi) is 3.72. The van der Waals surface area contributed by atoms with Crippen LogP contribution in [0.4, 0.5) is 10.1 Å². The van der Waals surface area contributed by atoms with Crippen molar-refractivity contribution in [3.8, 4) is 0 Å². The van der Waals surface area contributed by atoms with Crippen LogP contribution in [-0.4, -0.2) is 23.2 Å². The molecule has 5 heteroatoms. The summed E-state index contributed by atoms with van der Waals surface area (Å²) < 4.78 is 13.7. The topological polar surface area (TPSA) is 75.4 Å². The molecular formula is C12H17FN2O2. The van der Waals surface area contributed by atoms with Gasteiger partial charge in [-0.05, 0) is 38.5 Å². The Hall–Kier alpha value is -1.62. The molecule has 0 spiro atoms. The highest BCUT2D eigenvalue weighted by atomic mass is 19.1. The molecule has 4 nitrogen and oxygen atoms in total. The lowest BCUT2D eigenvalue weighted by atomic mass is 10.0. The summed E-state index contributed by atoms with van der Waals surface area (Å²) in [6.07, 6.45) is 0. The Labute approximate surface area is 99.6 Å². The fraction of sp³-hybridized carbons (Fsp3) is 0.417. The Balaban J connectivity index is 3.05. The van der Waals surface area contributed by atoms with Crippen molar-refractivity contribution in [2.75, 3.05) is 12.3 Å². The highest BCUT2D eigenvalue weighted by Gasteiger charge is 2.22. The van der Waals surface area contributed by atoms with Crippen LogP contribution in [0.15, 0.2) is 12.1 Å². The summed E-state index contributed by atoms with van der Waals surface area (Å²) in [6, 6.07) is 2.74. The van der Waals surface area contributed by atoms with Gasteiger partial charge in [-0.25, -0.2) is 4.39 Å². The standard InChI is InChI=1S/C12H17FN2O2/c1-7-4-8(14)5-9(10(7)13)11(17)15-12(2,3)6-16/h4-5,16H,6,14H2,1-3H3,(H,15,17). The second-order valence-corrected chi connectivity index (χ2v) is 4.70. The van der Waals surface area contributed by atoms with Gasteiger partial charge in [0, 0.05) is 5.69 Å². The number of benzene rings is 1. The number of nitrogens with one attached hydrogen (secondary N) is 1. The van der Waals surface area contributed by atoms with Crippen LogP contribution in [0.1, 0.15) is 29.8 Å². The van der Waals surface area contributed by atoms with E-state index in [9.17, 15) is 9.18 Å². The van der Waals surface area contributed by atoms with Crippen molar-refractivity contribution in [3.05, 3.63) is 29.1 Å². The molecule has 1 aromatic rings. The number of nitrogens with two attached hydrogens (primary N) is 1. The third kappa shape index (κ3) is 3.17. The van der Waals surface area contributed by atoms with Gasteiger partial charge in [0.25, 0.3) is 5.91 Å². The number of aliphatic hydroxyl groups is 1. The number of rotatable bonds is 3. The molecule has 0 aliphatic heterocycles. The number of carbonyl (C=O) groups is 1. The van der Waals surface area contributed by atoms with Gasteiger partial charge in [0.2, 0.25) is 0 Å². The number of nitrogen functional groups attached to an aromatic ring is 1. The molecule has 0 aromatic heterocycles. The average Bonchev–Trinajstić information content (AvgIpc) is 2.22. The molecule has 94 valence electrons. The first-order valence-electron chi connectivity index (χ1n) is 5.26. The van der Waals surface area contributed by atoms with Crippen LogP contribution in [0.3, 0.4) is 0 Å². The van der Waals surface area contributed by atoms with E-state index in [0.717, 1.165) is 0 Å². The van der Waals surface area contributed by atoms with E-state index < -0.39 is 17.3 Å². The lowest BCUT2D eigenvalue weighted by molar-refractivity contribution is 0.0865. The lowest BCUT2D eigenvalue weighted by Gasteiger charge is -2.23. The summed E-state index contributed by atoms with van der Waals surface area (Å²) in [7, 11) is 0. The van der Waals surface area contributed by atoms with Crippen molar-refractivity contribution in [3.63, 3.8) is 0 Å². The third-order valence-electron chi connectivity index (χ3n) is 2.37. The maximum Gasteiger partial charge on any atom is 0.254 e. The van der Waals surface area contributed by atoms with Crippen molar-refractivity contribution in [2.45, 2.75) is 26.3 Å². The van der Waals surface area contributed by atoms with Crippen molar-refractivity contribution in [2.24, 2.45) is 0 Å². The van der Waals surface area contributed by atoms with Gasteiger partial charge in [-0.2, -0.15) is 0 Å². The van der Waals surface area contributed by atoms with E-state index in [-0.39, 0.29) is 12.2 Å². The monoisotopic (exact) mass is 240 g/mol. The quantitative estimate of drug-likeness (QED) is 0.695. The minimum Gasteiger partial charge on any atom is -0.399 e. The number of aryl methyl sites for hydroxylation is 1. The zero-order valence-electron chi connectivity index (χ0n) is 10.2. The summed E-state index contributed by atoms with van der Waals surface area (Å²) in [5.74, 6) is -1.18. The van der Waals surface area contributed by atoms with Crippen LogP contribution in [0, 0.1) is 12.7 Å². The Bertz CT molecular complexity index is 444. The number of aliphatic hydroxyl groups excluding tert-OH is 1. The highest BCUT2D eigenvalue weighted by molar-refractivity contribution is 5.96. The van der Waals surface area contributed by atoms with E-state index >= 15 is 0 Å². The number of halogens is 1. The fourth-order valence-corrected chi connectivity index (χ4v) is 1.38. The highest BCUT2D eigenvalue weighted by Crippen LogP contribution is 2.17. The summed E-state index contributed by atoms with van der Waals surface area (Å²) >= 11 is 0. The number of carbonyl (C=O) groups excluding carboxylic acids is 1. The molecule has 0 saturated heterocycles. The van der Waals surface area contributed by atoms with Crippen molar-refractivity contribution < 1.29 is 14.3 Å². The first kappa shape index (κ1) is 13.4. The van der Waals surface area contributed by atoms with E-state index in [1.54, 1.807) is 20.8 Å². The third-order valence-corrected chi connectivity index (χ3v) is 2.37. The van der Waals surface area contributed by atoms with Crippen molar-refractivity contribution >= 4 is 11.6 Å². The molecule has 1 amide bonds. The molecular weight excluding hydrogens is 223 g/mol. The molecule has 4 N–H and O–H groups in total. The van der Waals surface area contributed by atoms with Gasteiger partial charge >= 0.3 is 0 Å². The molecule has 0 radical (unpaired) electrons. The van der Waals surface area contributed by atoms with Gasteiger partial charge in [0.05, 0.1) is 17.7 Å². The first-order valence-corrected chi connectivity index (χ1v) is 5.26. The van der Waals surface area contributed by atoms with Crippen LogP contribution < -0.4 is 11.1 Å². The van der Waals surface area contributed by atoms with Crippen LogP contribution in [0.5, 0.6) is 0 Å². The summed E-state index contributed by atoms with van der Waals surface area (Å²) in [5.41, 5.74) is 5.30. The second kappa shape index (κ2) is 4.71. The van der Waals surface area contributed by atoms with Crippen LogP contribution in [0.25, 0.3) is 0 Å². The maximum atomic E-state index is 13.7. The minimum absolute atomic E-state index is 0.107. The van der Waals surface area contributed by atoms with E-state index in [4.69, 9.17) is 10.8 Å². The molecule has 1 rings (SSSR count). The van der Waals surface area contributed by atoms with Crippen LogP contribution in [0.2, 0.25) is 0 Å². The number of amides is 1. The predicted octanol–water partition coefficient (Wildman–Crippen LogP) is 1.22. The van der Waals surface area contributed by atoms with Crippen LogP contribution >= 0.6 is 0 Å². The number of hydrogen-bond donors (Lipinski definition) is 3. The lowest BCUT2D eigenvalue weighted by Crippen LogP contribution is -2.46. The molecule has 0 saturated carbocycles. The molecule has 0 aliphatic rings. The number of hydrogen-bond acceptors (Lipinski definition) is 3. The van der Waals surface area contributed by atoms with Gasteiger partial charge in [-0.15, -0.1) is 0 Å². The molecule has 0 atom stereocenters. The molecule has 0 aliphatic carbocycles. The van der Waals surface area contributed by atoms with E-state index in [1.807, 2.05) is 0 Å². The van der Waals surface area contributed by atoms with Gasteiger partial charge < -0.3 is 16.2 Å². The van der Waals surface area contributed by atoms with Crippen LogP contribution in [-0.2, 0) is 0 Å². The second-order valence-electron chi connectivity index (χ2n) is 4.70. The summed E-state index contributed by atoms with van der Waals surface area (Å²) in [6.45, 7) is 4.59. The fourth-order valence-electron chi connectivity index (χ4n) is 1.38. The minimum atomic E-state index is -0.804. The zero-order chi connectivity index (χ0) is 13.2. The Morgan fingerprint density at radius 1 is 1.53 bits per heavy atom. The molecule has 0 fully saturated rings. The van der Waals surface area contributed by atoms with E-state index in [0.29, 0.717) is 11.3 Å². The van der Waals surface area contributed by atoms with Crippen molar-refractivity contribution in [1.82, 2.24) is 5.32 Å². The van der Waals surface area contributed by atoms with E-state index in [2.05, 4.69) is 5.32 Å². The Morgan fingerprint density at radius 2 is 2.12 bits per heavy atom. The Morgan fingerprint density at radius 3 is 2.65 bits per heavy atom. The first-order chi connectivity index (χ1) is 7.76. The predicted molar refractivity (Wildman–Crippen MR) is 64.2 cm³/mol. The van der Waals surface area contributed by atoms with E-state index in [1.165, 1.54) is 12.1 Å². The van der Waals surface area contributed by atoms with Gasteiger partial charge in [-0.1, -0.05) is 0 Å². The van der Waals surface area contributed by atoms with Gasteiger partial charge in [-0.3, -0.25) is 4.79 Å². The average molecular weight is 240 g/mol. The van der Waals surface area contributed by atoms with Gasteiger partial charge in [0.15, 0.2) is 0 Å². The molecule has 0 bridgehead atoms. The zero-order valence-corrected chi connectivity index (χ0v) is 10.2. The maximum absolute atomic E-state index is 13.7. The molecule has 0 unspecified atom stereocenters. The number of anilines is 1. The molecule has 1 aromatic carbocycles. The molecule has 0 heterocycles. The van der Waals surface area contributed by atoms with Gasteiger partial charge in [0.1, 0.15) is 5.82 Å².